The van der Waals surface area contributed by atoms with Crippen LogP contribution in [0.1, 0.15) is 86.1 Å². The predicted octanol–water partition coefficient (Wildman–Crippen LogP) is 5.37. The maximum atomic E-state index is 12.4. The van der Waals surface area contributed by atoms with E-state index in [0.29, 0.717) is 24.8 Å². The van der Waals surface area contributed by atoms with Crippen LogP contribution in [0.5, 0.6) is 11.5 Å². The van der Waals surface area contributed by atoms with E-state index in [1.54, 1.807) is 20.8 Å². The second kappa shape index (κ2) is 15.8. The van der Waals surface area contributed by atoms with E-state index < -0.39 is 36.1 Å². The molecule has 0 amide bonds. The van der Waals surface area contributed by atoms with E-state index in [9.17, 15) is 24.3 Å². The SMILES string of the molecule is CCCC(C)OC(=O)Oc1ccc(C[C@](NC(C)CC)(OC(C)=O)C(=O)O)cc1OC(=O)OC(C)CCC. The largest absolute Gasteiger partial charge is 0.514 e. The van der Waals surface area contributed by atoms with Crippen molar-refractivity contribution in [2.75, 3.05) is 0 Å². The lowest BCUT2D eigenvalue weighted by Gasteiger charge is -2.32. The Labute approximate surface area is 224 Å². The summed E-state index contributed by atoms with van der Waals surface area (Å²) in [6.45, 7) is 12.0. The first-order valence-corrected chi connectivity index (χ1v) is 13.0. The van der Waals surface area contributed by atoms with Gasteiger partial charge in [-0.1, -0.05) is 39.7 Å². The van der Waals surface area contributed by atoms with Crippen molar-refractivity contribution in [3.8, 4) is 11.5 Å². The van der Waals surface area contributed by atoms with Crippen molar-refractivity contribution in [3.63, 3.8) is 0 Å². The number of hydrogen-bond acceptors (Lipinski definition) is 10. The summed E-state index contributed by atoms with van der Waals surface area (Å²) < 4.78 is 26.3. The Hall–Kier alpha value is -3.34. The van der Waals surface area contributed by atoms with Gasteiger partial charge in [0, 0.05) is 19.4 Å². The highest BCUT2D eigenvalue weighted by Crippen LogP contribution is 2.32. The van der Waals surface area contributed by atoms with Crippen LogP contribution >= 0.6 is 0 Å². The number of benzene rings is 1. The molecule has 1 aromatic carbocycles. The summed E-state index contributed by atoms with van der Waals surface area (Å²) in [4.78, 5) is 48.9. The van der Waals surface area contributed by atoms with E-state index in [1.807, 2.05) is 20.8 Å². The maximum absolute atomic E-state index is 12.4. The zero-order chi connectivity index (χ0) is 28.9. The molecule has 0 fully saturated rings. The van der Waals surface area contributed by atoms with Gasteiger partial charge in [-0.2, -0.15) is 0 Å². The standard InChI is InChI=1S/C27H41NO10/c1-8-11-18(5)34-25(32)36-22-14-13-21(15-23(22)37-26(33)35-19(6)12-9-2)16-27(24(30)31,38-20(7)29)28-17(4)10-3/h13-15,17-19,28H,8-12,16H2,1-7H3,(H,30,31)/t17?,18?,19?,27-/m0/s1. The number of rotatable bonds is 15. The molecule has 0 bridgehead atoms. The highest BCUT2D eigenvalue weighted by Gasteiger charge is 2.43. The molecular formula is C27H41NO10. The van der Waals surface area contributed by atoms with Crippen molar-refractivity contribution in [2.45, 2.75) is 111 Å². The monoisotopic (exact) mass is 539 g/mol. The smallest absolute Gasteiger partial charge is 0.477 e. The minimum atomic E-state index is -2.09. The molecule has 0 aromatic heterocycles. The average Bonchev–Trinajstić information content (AvgIpc) is 2.80. The van der Waals surface area contributed by atoms with Crippen LogP contribution in [0.2, 0.25) is 0 Å². The zero-order valence-electron chi connectivity index (χ0n) is 23.3. The molecule has 0 heterocycles. The molecule has 4 atom stereocenters. The van der Waals surface area contributed by atoms with Gasteiger partial charge in [0.25, 0.3) is 5.72 Å². The third kappa shape index (κ3) is 11.0. The molecule has 0 saturated heterocycles. The van der Waals surface area contributed by atoms with Gasteiger partial charge in [-0.05, 0) is 57.7 Å². The first-order chi connectivity index (χ1) is 17.8. The highest BCUT2D eigenvalue weighted by molar-refractivity contribution is 5.81. The van der Waals surface area contributed by atoms with Gasteiger partial charge < -0.3 is 28.8 Å². The summed E-state index contributed by atoms with van der Waals surface area (Å²) in [6.07, 6.45) is 0.276. The highest BCUT2D eigenvalue weighted by atomic mass is 16.7. The third-order valence-corrected chi connectivity index (χ3v) is 5.59. The van der Waals surface area contributed by atoms with E-state index in [-0.39, 0.29) is 30.1 Å². The molecule has 1 aromatic rings. The number of hydrogen-bond donors (Lipinski definition) is 2. The first-order valence-electron chi connectivity index (χ1n) is 13.0. The van der Waals surface area contributed by atoms with Gasteiger partial charge in [0.1, 0.15) is 12.2 Å². The molecule has 214 valence electrons. The predicted molar refractivity (Wildman–Crippen MR) is 138 cm³/mol. The first kappa shape index (κ1) is 32.7. The fourth-order valence-electron chi connectivity index (χ4n) is 3.64. The average molecular weight is 540 g/mol. The fourth-order valence-corrected chi connectivity index (χ4v) is 3.64. The van der Waals surface area contributed by atoms with Crippen molar-refractivity contribution >= 4 is 24.2 Å². The van der Waals surface area contributed by atoms with E-state index in [2.05, 4.69) is 5.32 Å². The van der Waals surface area contributed by atoms with Crippen molar-refractivity contribution < 1.29 is 48.0 Å². The molecular weight excluding hydrogens is 498 g/mol. The van der Waals surface area contributed by atoms with Crippen LogP contribution in [-0.2, 0) is 30.2 Å². The molecule has 0 aliphatic carbocycles. The molecule has 1 rings (SSSR count). The van der Waals surface area contributed by atoms with Crippen molar-refractivity contribution in [3.05, 3.63) is 23.8 Å². The van der Waals surface area contributed by atoms with E-state index in [4.69, 9.17) is 23.7 Å². The molecule has 11 heteroatoms. The molecule has 3 unspecified atom stereocenters. The summed E-state index contributed by atoms with van der Waals surface area (Å²) in [5.74, 6) is -2.53. The van der Waals surface area contributed by atoms with Gasteiger partial charge in [-0.15, -0.1) is 0 Å². The number of ether oxygens (including phenoxy) is 5. The van der Waals surface area contributed by atoms with Gasteiger partial charge in [0.15, 0.2) is 11.5 Å². The summed E-state index contributed by atoms with van der Waals surface area (Å²) in [5.41, 5.74) is -1.78. The molecule has 38 heavy (non-hydrogen) atoms. The number of nitrogens with one attached hydrogen (secondary N) is 1. The Morgan fingerprint density at radius 2 is 1.42 bits per heavy atom. The molecule has 0 spiro atoms. The number of esters is 1. The number of carbonyl (C=O) groups excluding carboxylic acids is 3. The van der Waals surface area contributed by atoms with Crippen LogP contribution in [0.15, 0.2) is 18.2 Å². The van der Waals surface area contributed by atoms with Gasteiger partial charge >= 0.3 is 24.2 Å². The van der Waals surface area contributed by atoms with Crippen LogP contribution in [0, 0.1) is 0 Å². The molecule has 11 nitrogen and oxygen atoms in total. The molecule has 0 saturated carbocycles. The quantitative estimate of drug-likeness (QED) is 0.128. The lowest BCUT2D eigenvalue weighted by atomic mass is 10.00. The second-order valence-corrected chi connectivity index (χ2v) is 9.28. The number of aliphatic carboxylic acids is 1. The Balaban J connectivity index is 3.37. The van der Waals surface area contributed by atoms with Crippen LogP contribution in [0.3, 0.4) is 0 Å². The molecule has 2 N–H and O–H groups in total. The molecule has 0 aliphatic rings. The van der Waals surface area contributed by atoms with Gasteiger partial charge in [-0.25, -0.2) is 14.4 Å². The van der Waals surface area contributed by atoms with Crippen molar-refractivity contribution in [1.82, 2.24) is 5.32 Å². The normalized spacial score (nSPS) is 14.8. The number of carbonyl (C=O) groups is 4. The minimum Gasteiger partial charge on any atom is -0.477 e. The molecule has 0 radical (unpaired) electrons. The Bertz CT molecular complexity index is 950. The number of carboxylic acids is 1. The van der Waals surface area contributed by atoms with Crippen LogP contribution in [0.4, 0.5) is 9.59 Å². The van der Waals surface area contributed by atoms with Crippen molar-refractivity contribution in [2.24, 2.45) is 0 Å². The fraction of sp³-hybridized carbons (Fsp3) is 0.630. The summed E-state index contributed by atoms with van der Waals surface area (Å²) >= 11 is 0. The van der Waals surface area contributed by atoms with Gasteiger partial charge in [0.2, 0.25) is 0 Å². The van der Waals surface area contributed by atoms with Crippen LogP contribution in [-0.4, -0.2) is 53.3 Å². The topological polar surface area (TPSA) is 147 Å². The molecule has 0 aliphatic heterocycles. The van der Waals surface area contributed by atoms with E-state index in [0.717, 1.165) is 19.8 Å². The Kier molecular flexibility index (Phi) is 13.6. The van der Waals surface area contributed by atoms with Crippen LogP contribution in [0.25, 0.3) is 0 Å². The van der Waals surface area contributed by atoms with Gasteiger partial charge in [-0.3, -0.25) is 10.1 Å². The zero-order valence-corrected chi connectivity index (χ0v) is 23.3. The van der Waals surface area contributed by atoms with Gasteiger partial charge in [0.05, 0.1) is 0 Å². The second-order valence-electron chi connectivity index (χ2n) is 9.28. The van der Waals surface area contributed by atoms with E-state index >= 15 is 0 Å². The van der Waals surface area contributed by atoms with Crippen LogP contribution < -0.4 is 14.8 Å². The Morgan fingerprint density at radius 3 is 1.87 bits per heavy atom. The van der Waals surface area contributed by atoms with Crippen molar-refractivity contribution in [1.29, 1.82) is 0 Å². The third-order valence-electron chi connectivity index (χ3n) is 5.59. The summed E-state index contributed by atoms with van der Waals surface area (Å²) in [6, 6.07) is 3.82. The maximum Gasteiger partial charge on any atom is 0.514 e. The summed E-state index contributed by atoms with van der Waals surface area (Å²) in [5, 5.41) is 12.9. The Morgan fingerprint density at radius 1 is 0.895 bits per heavy atom. The minimum absolute atomic E-state index is 0.133. The lowest BCUT2D eigenvalue weighted by molar-refractivity contribution is -0.183. The van der Waals surface area contributed by atoms with E-state index in [1.165, 1.54) is 18.2 Å². The number of carboxylic acid groups (broad SMARTS) is 1. The lowest BCUT2D eigenvalue weighted by Crippen LogP contribution is -2.59. The summed E-state index contributed by atoms with van der Waals surface area (Å²) in [7, 11) is 0.